The van der Waals surface area contributed by atoms with E-state index in [9.17, 15) is 14.4 Å². The Balaban J connectivity index is 2.70. The summed E-state index contributed by atoms with van der Waals surface area (Å²) in [6, 6.07) is -0.114. The molecule has 0 aliphatic carbocycles. The second-order valence-electron chi connectivity index (χ2n) is 4.33. The van der Waals surface area contributed by atoms with Gasteiger partial charge in [-0.1, -0.05) is 0 Å². The van der Waals surface area contributed by atoms with Crippen LogP contribution in [0.4, 0.5) is 0 Å². The molecule has 1 aliphatic heterocycles. The van der Waals surface area contributed by atoms with Crippen molar-refractivity contribution in [2.75, 3.05) is 6.54 Å². The van der Waals surface area contributed by atoms with Crippen LogP contribution in [-0.2, 0) is 14.4 Å². The van der Waals surface area contributed by atoms with E-state index in [0.717, 1.165) is 0 Å². The maximum absolute atomic E-state index is 12.1. The highest BCUT2D eigenvalue weighted by Gasteiger charge is 2.25. The van der Waals surface area contributed by atoms with Crippen molar-refractivity contribution >= 4 is 23.5 Å². The van der Waals surface area contributed by atoms with Gasteiger partial charge in [-0.25, -0.2) is 5.43 Å². The smallest absolute Gasteiger partial charge is 0.305 e. The van der Waals surface area contributed by atoms with Gasteiger partial charge in [-0.15, -0.1) is 0 Å². The Labute approximate surface area is 105 Å². The lowest BCUT2D eigenvalue weighted by Gasteiger charge is -2.27. The van der Waals surface area contributed by atoms with E-state index < -0.39 is 5.97 Å². The first-order valence-corrected chi connectivity index (χ1v) is 5.80. The van der Waals surface area contributed by atoms with E-state index in [-0.39, 0.29) is 43.0 Å². The molecule has 0 unspecified atom stereocenters. The number of carboxylic acid groups (broad SMARTS) is 1. The van der Waals surface area contributed by atoms with Crippen LogP contribution in [0.3, 0.4) is 0 Å². The Hall–Kier alpha value is -1.92. The molecule has 0 bridgehead atoms. The summed E-state index contributed by atoms with van der Waals surface area (Å²) >= 11 is 0. The van der Waals surface area contributed by atoms with E-state index in [1.807, 2.05) is 13.8 Å². The molecule has 0 fully saturated rings. The average Bonchev–Trinajstić information content (AvgIpc) is 2.29. The first kappa shape index (κ1) is 14.1. The molecule has 0 radical (unpaired) electrons. The van der Waals surface area contributed by atoms with Gasteiger partial charge in [-0.05, 0) is 13.8 Å². The third-order valence-electron chi connectivity index (χ3n) is 2.60. The molecule has 100 valence electrons. The minimum Gasteiger partial charge on any atom is -0.481 e. The van der Waals surface area contributed by atoms with Crippen molar-refractivity contribution in [3.05, 3.63) is 0 Å². The summed E-state index contributed by atoms with van der Waals surface area (Å²) in [5.41, 5.74) is 2.53. The third kappa shape index (κ3) is 3.83. The quantitative estimate of drug-likeness (QED) is 0.720. The van der Waals surface area contributed by atoms with Gasteiger partial charge in [0.15, 0.2) is 0 Å². The average molecular weight is 255 g/mol. The minimum atomic E-state index is -0.952. The normalized spacial score (nSPS) is 15.1. The summed E-state index contributed by atoms with van der Waals surface area (Å²) in [6.45, 7) is 3.75. The fourth-order valence-electron chi connectivity index (χ4n) is 1.60. The largest absolute Gasteiger partial charge is 0.481 e. The lowest BCUT2D eigenvalue weighted by Crippen LogP contribution is -2.44. The maximum Gasteiger partial charge on any atom is 0.305 e. The van der Waals surface area contributed by atoms with Crippen LogP contribution in [0.25, 0.3) is 0 Å². The lowest BCUT2D eigenvalue weighted by molar-refractivity contribution is -0.138. The number of carbonyl (C=O) groups excluding carboxylic acids is 2. The zero-order valence-electron chi connectivity index (χ0n) is 10.5. The number of nitrogens with one attached hydrogen (secondary N) is 1. The molecule has 0 saturated carbocycles. The summed E-state index contributed by atoms with van der Waals surface area (Å²) in [7, 11) is 0. The Bertz CT molecular complexity index is 390. The molecule has 0 atom stereocenters. The topological polar surface area (TPSA) is 99.1 Å². The predicted molar refractivity (Wildman–Crippen MR) is 63.9 cm³/mol. The second-order valence-corrected chi connectivity index (χ2v) is 4.33. The van der Waals surface area contributed by atoms with E-state index in [4.69, 9.17) is 5.11 Å². The predicted octanol–water partition coefficient (Wildman–Crippen LogP) is -0.0359. The Morgan fingerprint density at radius 3 is 2.56 bits per heavy atom. The minimum absolute atomic E-state index is 0.108. The summed E-state index contributed by atoms with van der Waals surface area (Å²) < 4.78 is 0. The van der Waals surface area contributed by atoms with Crippen LogP contribution in [0.5, 0.6) is 0 Å². The Morgan fingerprint density at radius 2 is 2.11 bits per heavy atom. The zero-order valence-corrected chi connectivity index (χ0v) is 10.5. The summed E-state index contributed by atoms with van der Waals surface area (Å²) in [5.74, 6) is -1.48. The highest BCUT2D eigenvalue weighted by Crippen LogP contribution is 2.07. The van der Waals surface area contributed by atoms with Gasteiger partial charge in [0.25, 0.3) is 5.91 Å². The Morgan fingerprint density at radius 1 is 1.44 bits per heavy atom. The Kier molecular flexibility index (Phi) is 4.82. The molecular formula is C11H17N3O4. The molecule has 1 aliphatic rings. The molecule has 7 heteroatoms. The van der Waals surface area contributed by atoms with Crippen LogP contribution >= 0.6 is 0 Å². The molecule has 7 nitrogen and oxygen atoms in total. The lowest BCUT2D eigenvalue weighted by atomic mass is 10.1. The molecule has 0 spiro atoms. The number of hydrogen-bond donors (Lipinski definition) is 2. The van der Waals surface area contributed by atoms with Gasteiger partial charge in [0.05, 0.1) is 6.42 Å². The van der Waals surface area contributed by atoms with E-state index in [0.29, 0.717) is 6.42 Å². The highest BCUT2D eigenvalue weighted by atomic mass is 16.4. The van der Waals surface area contributed by atoms with Gasteiger partial charge in [-0.2, -0.15) is 5.10 Å². The van der Waals surface area contributed by atoms with Crippen molar-refractivity contribution in [3.8, 4) is 0 Å². The monoisotopic (exact) mass is 255 g/mol. The zero-order chi connectivity index (χ0) is 13.7. The van der Waals surface area contributed by atoms with Crippen molar-refractivity contribution in [2.24, 2.45) is 5.10 Å². The van der Waals surface area contributed by atoms with E-state index in [1.165, 1.54) is 4.90 Å². The number of carbonyl (C=O) groups is 3. The molecule has 1 rings (SSSR count). The van der Waals surface area contributed by atoms with Crippen molar-refractivity contribution < 1.29 is 19.5 Å². The summed E-state index contributed by atoms with van der Waals surface area (Å²) in [5, 5.41) is 12.4. The summed E-state index contributed by atoms with van der Waals surface area (Å²) in [4.78, 5) is 35.0. The SMILES string of the molecule is CC(C)N(CCC(=O)O)C(=O)C1=NNC(=O)CC1. The van der Waals surface area contributed by atoms with Crippen molar-refractivity contribution in [1.82, 2.24) is 10.3 Å². The molecule has 0 aromatic rings. The van der Waals surface area contributed by atoms with E-state index in [2.05, 4.69) is 10.5 Å². The van der Waals surface area contributed by atoms with Crippen LogP contribution in [0.1, 0.15) is 33.1 Å². The van der Waals surface area contributed by atoms with E-state index >= 15 is 0 Å². The number of hydrazone groups is 1. The van der Waals surface area contributed by atoms with Crippen LogP contribution in [0, 0.1) is 0 Å². The molecule has 1 heterocycles. The van der Waals surface area contributed by atoms with Gasteiger partial charge in [0.1, 0.15) is 5.71 Å². The van der Waals surface area contributed by atoms with Crippen molar-refractivity contribution in [2.45, 2.75) is 39.2 Å². The molecule has 2 amide bonds. The third-order valence-corrected chi connectivity index (χ3v) is 2.60. The van der Waals surface area contributed by atoms with E-state index in [1.54, 1.807) is 0 Å². The van der Waals surface area contributed by atoms with Gasteiger partial charge in [0, 0.05) is 25.4 Å². The first-order chi connectivity index (χ1) is 8.41. The molecule has 2 N–H and O–H groups in total. The molecular weight excluding hydrogens is 238 g/mol. The molecule has 0 aromatic heterocycles. The van der Waals surface area contributed by atoms with Gasteiger partial charge in [0.2, 0.25) is 5.91 Å². The molecule has 0 saturated heterocycles. The van der Waals surface area contributed by atoms with Crippen LogP contribution in [-0.4, -0.2) is 46.1 Å². The second kappa shape index (κ2) is 6.13. The number of nitrogens with zero attached hydrogens (tertiary/aromatic N) is 2. The fourth-order valence-corrected chi connectivity index (χ4v) is 1.60. The van der Waals surface area contributed by atoms with Crippen LogP contribution in [0.15, 0.2) is 5.10 Å². The van der Waals surface area contributed by atoms with Crippen molar-refractivity contribution in [3.63, 3.8) is 0 Å². The fraction of sp³-hybridized carbons (Fsp3) is 0.636. The number of rotatable bonds is 5. The highest BCUT2D eigenvalue weighted by molar-refractivity contribution is 6.39. The maximum atomic E-state index is 12.1. The number of amides is 2. The molecule has 18 heavy (non-hydrogen) atoms. The standard InChI is InChI=1S/C11H17N3O4/c1-7(2)14(6-5-10(16)17)11(18)8-3-4-9(15)13-12-8/h7H,3-6H2,1-2H3,(H,13,15)(H,16,17). The first-order valence-electron chi connectivity index (χ1n) is 5.80. The van der Waals surface area contributed by atoms with Gasteiger partial charge in [-0.3, -0.25) is 14.4 Å². The molecule has 0 aromatic carbocycles. The number of hydrogen-bond acceptors (Lipinski definition) is 4. The summed E-state index contributed by atoms with van der Waals surface area (Å²) in [6.07, 6.45) is 0.417. The van der Waals surface area contributed by atoms with Gasteiger partial charge >= 0.3 is 5.97 Å². The van der Waals surface area contributed by atoms with Gasteiger partial charge < -0.3 is 10.0 Å². The van der Waals surface area contributed by atoms with Crippen LogP contribution < -0.4 is 5.43 Å². The van der Waals surface area contributed by atoms with Crippen molar-refractivity contribution in [1.29, 1.82) is 0 Å². The number of carboxylic acids is 1. The number of aliphatic carboxylic acids is 1. The van der Waals surface area contributed by atoms with Crippen LogP contribution in [0.2, 0.25) is 0 Å².